The summed E-state index contributed by atoms with van der Waals surface area (Å²) in [6, 6.07) is 6.35. The summed E-state index contributed by atoms with van der Waals surface area (Å²) in [5.41, 5.74) is 2.32. The van der Waals surface area contributed by atoms with Gasteiger partial charge in [0, 0.05) is 18.4 Å². The minimum Gasteiger partial charge on any atom is -0.294 e. The van der Waals surface area contributed by atoms with Crippen molar-refractivity contribution >= 4 is 23.3 Å². The number of ketones is 1. The molecule has 0 N–H and O–H groups in total. The van der Waals surface area contributed by atoms with Crippen molar-refractivity contribution in [2.75, 3.05) is 5.75 Å². The van der Waals surface area contributed by atoms with Crippen molar-refractivity contribution in [1.29, 1.82) is 0 Å². The highest BCUT2D eigenvalue weighted by molar-refractivity contribution is 7.99. The molecule has 5 nitrogen and oxygen atoms in total. The average Bonchev–Trinajstić information content (AvgIpc) is 3.00. The Labute approximate surface area is 148 Å². The third kappa shape index (κ3) is 3.16. The second-order valence-corrected chi connectivity index (χ2v) is 7.23. The molecule has 0 fully saturated rings. The molecule has 2 aromatic heterocycles. The number of halogens is 1. The van der Waals surface area contributed by atoms with Gasteiger partial charge in [-0.3, -0.25) is 4.79 Å². The smallest absolute Gasteiger partial charge is 0.253 e. The Morgan fingerprint density at radius 1 is 1.24 bits per heavy atom. The lowest BCUT2D eigenvalue weighted by molar-refractivity contribution is 0.0962. The first kappa shape index (κ1) is 16.2. The van der Waals surface area contributed by atoms with Crippen molar-refractivity contribution < 1.29 is 9.18 Å². The van der Waals surface area contributed by atoms with Gasteiger partial charge in [0.15, 0.2) is 5.78 Å². The molecule has 0 amide bonds. The fourth-order valence-electron chi connectivity index (χ4n) is 3.09. The Bertz CT molecular complexity index is 938. The van der Waals surface area contributed by atoms with E-state index in [1.165, 1.54) is 12.1 Å². The normalized spacial score (nSPS) is 17.0. The SMILES string of the molecule is CCCSc1nc2nc3c(cn2n1)C(=O)C[C@H](c1ccc(F)cc1)C3. The average molecular weight is 356 g/mol. The highest BCUT2D eigenvalue weighted by Crippen LogP contribution is 2.32. The quantitative estimate of drug-likeness (QED) is 0.668. The van der Waals surface area contributed by atoms with Crippen molar-refractivity contribution in [2.24, 2.45) is 0 Å². The summed E-state index contributed by atoms with van der Waals surface area (Å²) < 4.78 is 14.7. The molecule has 1 aromatic carbocycles. The molecule has 3 aromatic rings. The van der Waals surface area contributed by atoms with Gasteiger partial charge >= 0.3 is 0 Å². The van der Waals surface area contributed by atoms with Gasteiger partial charge in [-0.15, -0.1) is 5.10 Å². The Balaban J connectivity index is 1.67. The van der Waals surface area contributed by atoms with Crippen molar-refractivity contribution in [1.82, 2.24) is 19.6 Å². The molecular weight excluding hydrogens is 339 g/mol. The third-order valence-corrected chi connectivity index (χ3v) is 5.38. The summed E-state index contributed by atoms with van der Waals surface area (Å²) in [4.78, 5) is 21.6. The van der Waals surface area contributed by atoms with Crippen molar-refractivity contribution in [2.45, 2.75) is 37.3 Å². The molecule has 128 valence electrons. The lowest BCUT2D eigenvalue weighted by Crippen LogP contribution is -2.21. The monoisotopic (exact) mass is 356 g/mol. The third-order valence-electron chi connectivity index (χ3n) is 4.34. The highest BCUT2D eigenvalue weighted by atomic mass is 32.2. The van der Waals surface area contributed by atoms with E-state index in [2.05, 4.69) is 22.0 Å². The van der Waals surface area contributed by atoms with Gasteiger partial charge in [0.1, 0.15) is 5.82 Å². The van der Waals surface area contributed by atoms with Crippen LogP contribution in [-0.4, -0.2) is 31.1 Å². The number of hydrogen-bond acceptors (Lipinski definition) is 5. The summed E-state index contributed by atoms with van der Waals surface area (Å²) in [7, 11) is 0. The Morgan fingerprint density at radius 2 is 2.04 bits per heavy atom. The zero-order valence-corrected chi connectivity index (χ0v) is 14.6. The molecule has 1 aliphatic rings. The van der Waals surface area contributed by atoms with Crippen LogP contribution in [0, 0.1) is 5.82 Å². The Hall–Kier alpha value is -2.28. The van der Waals surface area contributed by atoms with Crippen molar-refractivity contribution in [3.8, 4) is 0 Å². The van der Waals surface area contributed by atoms with Crippen LogP contribution in [0.3, 0.4) is 0 Å². The first-order chi connectivity index (χ1) is 12.1. The summed E-state index contributed by atoms with van der Waals surface area (Å²) in [6.45, 7) is 2.11. The molecule has 2 heterocycles. The molecule has 0 bridgehead atoms. The molecule has 25 heavy (non-hydrogen) atoms. The number of thioether (sulfide) groups is 1. The first-order valence-electron chi connectivity index (χ1n) is 8.32. The van der Waals surface area contributed by atoms with Crippen LogP contribution < -0.4 is 0 Å². The predicted octanol–water partition coefficient (Wildman–Crippen LogP) is 3.68. The summed E-state index contributed by atoms with van der Waals surface area (Å²) in [5.74, 6) is 1.26. The fourth-order valence-corrected chi connectivity index (χ4v) is 3.77. The Morgan fingerprint density at radius 3 is 2.80 bits per heavy atom. The van der Waals surface area contributed by atoms with Gasteiger partial charge in [-0.2, -0.15) is 4.98 Å². The van der Waals surface area contributed by atoms with E-state index in [4.69, 9.17) is 0 Å². The summed E-state index contributed by atoms with van der Waals surface area (Å²) >= 11 is 1.58. The lowest BCUT2D eigenvalue weighted by Gasteiger charge is -2.23. The van der Waals surface area contributed by atoms with Crippen molar-refractivity contribution in [3.05, 3.63) is 53.1 Å². The van der Waals surface area contributed by atoms with E-state index in [9.17, 15) is 9.18 Å². The molecule has 0 saturated heterocycles. The van der Waals surface area contributed by atoms with Crippen molar-refractivity contribution in [3.63, 3.8) is 0 Å². The van der Waals surface area contributed by atoms with Crippen LogP contribution in [0.5, 0.6) is 0 Å². The van der Waals surface area contributed by atoms with Gasteiger partial charge < -0.3 is 0 Å². The maximum atomic E-state index is 13.1. The Kier molecular flexibility index (Phi) is 4.25. The number of rotatable bonds is 4. The molecule has 0 aliphatic heterocycles. The largest absolute Gasteiger partial charge is 0.294 e. The number of nitrogens with zero attached hydrogens (tertiary/aromatic N) is 4. The number of carbonyl (C=O) groups excluding carboxylic acids is 1. The van der Waals surface area contributed by atoms with E-state index in [1.807, 2.05) is 0 Å². The van der Waals surface area contributed by atoms with E-state index in [0.717, 1.165) is 23.4 Å². The summed E-state index contributed by atoms with van der Waals surface area (Å²) in [5, 5.41) is 5.07. The maximum Gasteiger partial charge on any atom is 0.253 e. The standard InChI is InChI=1S/C18H17FN4OS/c1-2-7-25-18-21-17-20-15-8-12(11-3-5-13(19)6-4-11)9-16(24)14(15)10-23(17)22-18/h3-6,10,12H,2,7-9H2,1H3/t12-/m1/s1. The van der Waals surface area contributed by atoms with Crippen LogP contribution in [0.15, 0.2) is 35.6 Å². The van der Waals surface area contributed by atoms with Crippen LogP contribution in [0.25, 0.3) is 5.78 Å². The molecule has 0 unspecified atom stereocenters. The van der Waals surface area contributed by atoms with Gasteiger partial charge in [0.05, 0.1) is 11.3 Å². The molecular formula is C18H17FN4OS. The number of benzene rings is 1. The van der Waals surface area contributed by atoms with Gasteiger partial charge in [-0.25, -0.2) is 13.9 Å². The molecule has 0 spiro atoms. The number of fused-ring (bicyclic) bond motifs is 2. The second kappa shape index (κ2) is 6.55. The van der Waals surface area contributed by atoms with E-state index >= 15 is 0 Å². The molecule has 7 heteroatoms. The molecule has 0 radical (unpaired) electrons. The van der Waals surface area contributed by atoms with E-state index < -0.39 is 0 Å². The zero-order valence-electron chi connectivity index (χ0n) is 13.8. The van der Waals surface area contributed by atoms with Gasteiger partial charge in [-0.1, -0.05) is 30.8 Å². The number of aromatic nitrogens is 4. The molecule has 1 aliphatic carbocycles. The van der Waals surface area contributed by atoms with Crippen LogP contribution in [0.4, 0.5) is 4.39 Å². The number of Topliss-reactive ketones (excluding diaryl/α,β-unsaturated/α-hetero) is 1. The van der Waals surface area contributed by atoms with Gasteiger partial charge in [-0.05, 0) is 36.5 Å². The highest BCUT2D eigenvalue weighted by Gasteiger charge is 2.28. The topological polar surface area (TPSA) is 60.1 Å². The molecule has 4 rings (SSSR count). The van der Waals surface area contributed by atoms with Crippen LogP contribution >= 0.6 is 11.8 Å². The van der Waals surface area contributed by atoms with E-state index in [0.29, 0.717) is 29.3 Å². The summed E-state index contributed by atoms with van der Waals surface area (Å²) in [6.07, 6.45) is 3.83. The second-order valence-electron chi connectivity index (χ2n) is 6.17. The number of hydrogen-bond donors (Lipinski definition) is 0. The van der Waals surface area contributed by atoms with Gasteiger partial charge in [0.2, 0.25) is 5.16 Å². The van der Waals surface area contributed by atoms with Crippen LogP contribution in [-0.2, 0) is 6.42 Å². The lowest BCUT2D eigenvalue weighted by atomic mass is 9.82. The predicted molar refractivity (Wildman–Crippen MR) is 93.6 cm³/mol. The van der Waals surface area contributed by atoms with Gasteiger partial charge in [0.25, 0.3) is 5.78 Å². The molecule has 1 atom stereocenters. The number of carbonyl (C=O) groups is 1. The first-order valence-corrected chi connectivity index (χ1v) is 9.30. The van der Waals surface area contributed by atoms with E-state index in [-0.39, 0.29) is 17.5 Å². The maximum absolute atomic E-state index is 13.1. The molecule has 0 saturated carbocycles. The van der Waals surface area contributed by atoms with Crippen LogP contribution in [0.2, 0.25) is 0 Å². The van der Waals surface area contributed by atoms with Crippen LogP contribution in [0.1, 0.15) is 47.3 Å². The zero-order chi connectivity index (χ0) is 17.4. The minimum atomic E-state index is -0.272. The fraction of sp³-hybridized carbons (Fsp3) is 0.333. The minimum absolute atomic E-state index is 0.0207. The van der Waals surface area contributed by atoms with E-state index in [1.54, 1.807) is 34.6 Å².